The normalized spacial score (nSPS) is 11.2. The van der Waals surface area contributed by atoms with Gasteiger partial charge in [0, 0.05) is 10.9 Å². The highest BCUT2D eigenvalue weighted by molar-refractivity contribution is 6.11. The van der Waals surface area contributed by atoms with Crippen LogP contribution in [-0.2, 0) is 0 Å². The fraction of sp³-hybridized carbons (Fsp3) is 0.0556. The molecule has 0 bridgehead atoms. The van der Waals surface area contributed by atoms with E-state index in [9.17, 15) is 14.7 Å². The van der Waals surface area contributed by atoms with Crippen LogP contribution in [0.5, 0.6) is 0 Å². The summed E-state index contributed by atoms with van der Waals surface area (Å²) < 4.78 is 1.17. The van der Waals surface area contributed by atoms with E-state index in [1.54, 1.807) is 12.1 Å². The largest absolute Gasteiger partial charge is 0.477 e. The summed E-state index contributed by atoms with van der Waals surface area (Å²) in [5, 5.41) is 14.8. The van der Waals surface area contributed by atoms with Crippen LogP contribution in [-0.4, -0.2) is 25.8 Å². The Morgan fingerprint density at radius 2 is 1.83 bits per heavy atom. The van der Waals surface area contributed by atoms with Gasteiger partial charge in [0.05, 0.1) is 11.2 Å². The van der Waals surface area contributed by atoms with E-state index >= 15 is 0 Å². The number of rotatable bonds is 2. The minimum atomic E-state index is -1.28. The minimum absolute atomic E-state index is 0.249. The van der Waals surface area contributed by atoms with Gasteiger partial charge in [0.15, 0.2) is 5.56 Å². The van der Waals surface area contributed by atoms with Crippen LogP contribution in [0.15, 0.2) is 53.3 Å². The Morgan fingerprint density at radius 3 is 2.58 bits per heavy atom. The summed E-state index contributed by atoms with van der Waals surface area (Å²) in [5.74, 6) is -1.28. The van der Waals surface area contributed by atoms with Crippen molar-refractivity contribution in [1.82, 2.24) is 14.8 Å². The van der Waals surface area contributed by atoms with Crippen LogP contribution >= 0.6 is 0 Å². The number of para-hydroxylation sites is 2. The maximum atomic E-state index is 12.8. The molecule has 0 unspecified atom stereocenters. The lowest BCUT2D eigenvalue weighted by molar-refractivity contribution is 0.0696. The molecule has 0 radical (unpaired) electrons. The first-order valence-electron chi connectivity index (χ1n) is 7.41. The van der Waals surface area contributed by atoms with Crippen LogP contribution in [0.2, 0.25) is 0 Å². The zero-order chi connectivity index (χ0) is 16.8. The number of H-pyrrole nitrogens is 1. The molecule has 0 atom stereocenters. The third-order valence-electron chi connectivity index (χ3n) is 4.09. The van der Waals surface area contributed by atoms with Crippen molar-refractivity contribution in [2.75, 3.05) is 0 Å². The van der Waals surface area contributed by atoms with Gasteiger partial charge in [-0.25, -0.2) is 4.79 Å². The number of nitrogens with zero attached hydrogens (tertiary/aromatic N) is 2. The number of nitrogens with one attached hydrogen (secondary N) is 1. The predicted molar refractivity (Wildman–Crippen MR) is 90.9 cm³/mol. The first kappa shape index (κ1) is 14.2. The molecular formula is C18H13N3O3. The van der Waals surface area contributed by atoms with E-state index in [2.05, 4.69) is 10.1 Å². The maximum Gasteiger partial charge on any atom is 0.343 e. The summed E-state index contributed by atoms with van der Waals surface area (Å²) in [6, 6.07) is 14.6. The van der Waals surface area contributed by atoms with E-state index in [1.165, 1.54) is 4.68 Å². The molecule has 2 heterocycles. The fourth-order valence-electron chi connectivity index (χ4n) is 2.93. The molecule has 0 fully saturated rings. The summed E-state index contributed by atoms with van der Waals surface area (Å²) in [4.78, 5) is 27.5. The van der Waals surface area contributed by atoms with Gasteiger partial charge in [0.25, 0.3) is 5.56 Å². The number of carboxylic acid groups (broad SMARTS) is 1. The Balaban J connectivity index is 2.22. The quantitative estimate of drug-likeness (QED) is 0.594. The number of carboxylic acids is 1. The number of carbonyl (C=O) groups is 1. The van der Waals surface area contributed by atoms with Gasteiger partial charge in [0.1, 0.15) is 5.52 Å². The smallest absolute Gasteiger partial charge is 0.343 e. The van der Waals surface area contributed by atoms with E-state index in [-0.39, 0.29) is 11.1 Å². The van der Waals surface area contributed by atoms with Crippen molar-refractivity contribution in [2.24, 2.45) is 0 Å². The van der Waals surface area contributed by atoms with Crippen LogP contribution < -0.4 is 5.56 Å². The van der Waals surface area contributed by atoms with E-state index in [4.69, 9.17) is 0 Å². The van der Waals surface area contributed by atoms with Crippen LogP contribution in [0, 0.1) is 6.92 Å². The monoisotopic (exact) mass is 319 g/mol. The van der Waals surface area contributed by atoms with Crippen molar-refractivity contribution in [3.05, 3.63) is 70.0 Å². The van der Waals surface area contributed by atoms with Crippen LogP contribution in [0.3, 0.4) is 0 Å². The number of aryl methyl sites for hydroxylation is 1. The Labute approximate surface area is 136 Å². The van der Waals surface area contributed by atoms with E-state index in [0.29, 0.717) is 11.2 Å². The number of hydrogen-bond donors (Lipinski definition) is 2. The molecule has 4 aromatic rings. The summed E-state index contributed by atoms with van der Waals surface area (Å²) in [7, 11) is 0. The van der Waals surface area contributed by atoms with Crippen molar-refractivity contribution in [3.8, 4) is 5.69 Å². The molecule has 0 aliphatic carbocycles. The first-order valence-corrected chi connectivity index (χ1v) is 7.41. The lowest BCUT2D eigenvalue weighted by Crippen LogP contribution is -2.28. The number of aromatic nitrogens is 3. The van der Waals surface area contributed by atoms with Crippen LogP contribution in [0.1, 0.15) is 15.9 Å². The van der Waals surface area contributed by atoms with Gasteiger partial charge in [-0.3, -0.25) is 4.79 Å². The molecule has 6 heteroatoms. The third kappa shape index (κ3) is 1.93. The Bertz CT molecular complexity index is 1170. The average Bonchev–Trinajstić information content (AvgIpc) is 2.92. The number of aromatic carboxylic acids is 1. The molecule has 0 saturated heterocycles. The fourth-order valence-corrected chi connectivity index (χ4v) is 2.93. The SMILES string of the molecule is Cc1ccccc1-n1nc2c([nH]c3ccccc32)c(C(=O)O)c1=O. The minimum Gasteiger partial charge on any atom is -0.477 e. The van der Waals surface area contributed by atoms with Crippen molar-refractivity contribution in [3.63, 3.8) is 0 Å². The van der Waals surface area contributed by atoms with E-state index < -0.39 is 11.5 Å². The molecule has 118 valence electrons. The van der Waals surface area contributed by atoms with Gasteiger partial charge in [0.2, 0.25) is 0 Å². The molecule has 6 nitrogen and oxygen atoms in total. The molecule has 2 aromatic carbocycles. The van der Waals surface area contributed by atoms with Gasteiger partial charge >= 0.3 is 5.97 Å². The number of hydrogen-bond acceptors (Lipinski definition) is 3. The highest BCUT2D eigenvalue weighted by atomic mass is 16.4. The summed E-state index contributed by atoms with van der Waals surface area (Å²) in [6.07, 6.45) is 0. The first-order chi connectivity index (χ1) is 11.6. The maximum absolute atomic E-state index is 12.8. The molecule has 2 N–H and O–H groups in total. The van der Waals surface area contributed by atoms with Crippen molar-refractivity contribution in [1.29, 1.82) is 0 Å². The van der Waals surface area contributed by atoms with E-state index in [0.717, 1.165) is 16.5 Å². The average molecular weight is 319 g/mol. The van der Waals surface area contributed by atoms with Crippen molar-refractivity contribution in [2.45, 2.75) is 6.92 Å². The number of benzene rings is 2. The molecule has 0 amide bonds. The Morgan fingerprint density at radius 1 is 1.12 bits per heavy atom. The topological polar surface area (TPSA) is 88.0 Å². The standard InChI is InChI=1S/C18H13N3O3/c1-10-6-2-5-9-13(10)21-17(22)14(18(23)24)16-15(20-21)11-7-3-4-8-12(11)19-16/h2-9,19H,1H3,(H,23,24). The van der Waals surface area contributed by atoms with Gasteiger partial charge in [-0.15, -0.1) is 0 Å². The lowest BCUT2D eigenvalue weighted by Gasteiger charge is -2.09. The molecule has 4 rings (SSSR count). The van der Waals surface area contributed by atoms with Gasteiger partial charge in [-0.2, -0.15) is 9.78 Å². The van der Waals surface area contributed by atoms with Crippen molar-refractivity contribution >= 4 is 27.9 Å². The highest BCUT2D eigenvalue weighted by Crippen LogP contribution is 2.25. The summed E-state index contributed by atoms with van der Waals surface area (Å²) in [6.45, 7) is 1.85. The van der Waals surface area contributed by atoms with Gasteiger partial charge < -0.3 is 10.1 Å². The molecular weight excluding hydrogens is 306 g/mol. The summed E-state index contributed by atoms with van der Waals surface area (Å²) in [5.41, 5.74) is 1.89. The Hall–Kier alpha value is -3.41. The molecule has 0 saturated carbocycles. The second-order valence-corrected chi connectivity index (χ2v) is 5.58. The molecule has 0 aliphatic rings. The van der Waals surface area contributed by atoms with Gasteiger partial charge in [-0.05, 0) is 24.6 Å². The van der Waals surface area contributed by atoms with Crippen LogP contribution in [0.25, 0.3) is 27.6 Å². The van der Waals surface area contributed by atoms with E-state index in [1.807, 2.05) is 43.3 Å². The molecule has 2 aromatic heterocycles. The van der Waals surface area contributed by atoms with Crippen molar-refractivity contribution < 1.29 is 9.90 Å². The molecule has 0 spiro atoms. The zero-order valence-corrected chi connectivity index (χ0v) is 12.8. The second-order valence-electron chi connectivity index (χ2n) is 5.58. The molecule has 24 heavy (non-hydrogen) atoms. The zero-order valence-electron chi connectivity index (χ0n) is 12.8. The summed E-state index contributed by atoms with van der Waals surface area (Å²) >= 11 is 0. The number of aromatic amines is 1. The Kier molecular flexibility index (Phi) is 2.99. The highest BCUT2D eigenvalue weighted by Gasteiger charge is 2.22. The molecule has 0 aliphatic heterocycles. The third-order valence-corrected chi connectivity index (χ3v) is 4.09. The van der Waals surface area contributed by atoms with Crippen LogP contribution in [0.4, 0.5) is 0 Å². The van der Waals surface area contributed by atoms with Gasteiger partial charge in [-0.1, -0.05) is 36.4 Å². The predicted octanol–water partition coefficient (Wildman–Crippen LogP) is 2.87. The number of fused-ring (bicyclic) bond motifs is 3. The second kappa shape index (κ2) is 5.06. The lowest BCUT2D eigenvalue weighted by atomic mass is 10.2.